The number of pyridine rings is 1. The van der Waals surface area contributed by atoms with E-state index in [1.165, 1.54) is 12.8 Å². The maximum atomic E-state index is 9.49. The second kappa shape index (κ2) is 8.32. The number of hydrogen-bond donors (Lipinski definition) is 2. The second-order valence-electron chi connectivity index (χ2n) is 7.31. The summed E-state index contributed by atoms with van der Waals surface area (Å²) in [5.41, 5.74) is 5.28. The molecule has 0 amide bonds. The van der Waals surface area contributed by atoms with Crippen LogP contribution in [0.1, 0.15) is 49.3 Å². The Hall–Kier alpha value is -2.40. The summed E-state index contributed by atoms with van der Waals surface area (Å²) in [4.78, 5) is 9.02. The maximum Gasteiger partial charge on any atom is 0.219 e. The Morgan fingerprint density at radius 1 is 1.12 bits per heavy atom. The van der Waals surface area contributed by atoms with E-state index in [0.717, 1.165) is 41.2 Å². The van der Waals surface area contributed by atoms with Crippen LogP contribution in [-0.4, -0.2) is 22.1 Å². The van der Waals surface area contributed by atoms with Crippen LogP contribution >= 0.6 is 0 Å². The van der Waals surface area contributed by atoms with Gasteiger partial charge in [0.2, 0.25) is 5.88 Å². The minimum Gasteiger partial charge on any atom is -0.439 e. The normalized spacial score (nSPS) is 20.7. The Kier molecular flexibility index (Phi) is 5.89. The van der Waals surface area contributed by atoms with E-state index in [-0.39, 0.29) is 6.04 Å². The Morgan fingerprint density at radius 3 is 2.38 bits per heavy atom. The first-order valence-corrected chi connectivity index (χ1v) is 9.24. The van der Waals surface area contributed by atoms with E-state index in [4.69, 9.17) is 4.74 Å². The van der Waals surface area contributed by atoms with Crippen molar-refractivity contribution in [2.24, 2.45) is 10.9 Å². The van der Waals surface area contributed by atoms with Crippen molar-refractivity contribution in [1.29, 1.82) is 0 Å². The largest absolute Gasteiger partial charge is 0.439 e. The number of aryl methyl sites for hydroxylation is 2. The minimum atomic E-state index is 0.257. The number of benzene rings is 1. The first-order valence-electron chi connectivity index (χ1n) is 9.24. The molecule has 0 radical (unpaired) electrons. The van der Waals surface area contributed by atoms with E-state index >= 15 is 0 Å². The molecule has 0 atom stereocenters. The van der Waals surface area contributed by atoms with Gasteiger partial charge < -0.3 is 4.74 Å². The third-order valence-electron chi connectivity index (χ3n) is 4.83. The quantitative estimate of drug-likeness (QED) is 0.471. The Morgan fingerprint density at radius 2 is 1.81 bits per heavy atom. The highest BCUT2D eigenvalue weighted by Gasteiger charge is 2.18. The molecule has 26 heavy (non-hydrogen) atoms. The number of aromatic nitrogens is 1. The Labute approximate surface area is 155 Å². The molecule has 1 saturated carbocycles. The summed E-state index contributed by atoms with van der Waals surface area (Å²) in [6, 6.07) is 9.97. The number of hydrogen-bond acceptors (Lipinski definition) is 4. The predicted octanol–water partition coefficient (Wildman–Crippen LogP) is 4.79. The molecule has 5 heteroatoms. The Balaban J connectivity index is 1.71. The highest BCUT2D eigenvalue weighted by atomic mass is 16.5. The van der Waals surface area contributed by atoms with Gasteiger partial charge in [0.25, 0.3) is 0 Å². The molecular weight excluding hydrogens is 326 g/mol. The van der Waals surface area contributed by atoms with Gasteiger partial charge >= 0.3 is 0 Å². The average Bonchev–Trinajstić information content (AvgIpc) is 2.61. The van der Waals surface area contributed by atoms with Gasteiger partial charge in [-0.15, -0.1) is 0 Å². The van der Waals surface area contributed by atoms with Crippen LogP contribution in [0.3, 0.4) is 0 Å². The predicted molar refractivity (Wildman–Crippen MR) is 103 cm³/mol. The van der Waals surface area contributed by atoms with Gasteiger partial charge in [0, 0.05) is 17.8 Å². The zero-order valence-corrected chi connectivity index (χ0v) is 15.7. The topological polar surface area (TPSA) is 66.7 Å². The van der Waals surface area contributed by atoms with Crippen molar-refractivity contribution in [3.63, 3.8) is 0 Å². The van der Waals surface area contributed by atoms with E-state index in [1.54, 1.807) is 12.3 Å². The van der Waals surface area contributed by atoms with Gasteiger partial charge in [0.1, 0.15) is 5.75 Å². The van der Waals surface area contributed by atoms with Gasteiger partial charge in [0.05, 0.1) is 6.04 Å². The lowest BCUT2D eigenvalue weighted by molar-refractivity contribution is 0.233. The smallest absolute Gasteiger partial charge is 0.219 e. The van der Waals surface area contributed by atoms with E-state index in [9.17, 15) is 5.21 Å². The van der Waals surface area contributed by atoms with Crippen LogP contribution < -0.4 is 10.2 Å². The zero-order valence-electron chi connectivity index (χ0n) is 15.7. The summed E-state index contributed by atoms with van der Waals surface area (Å²) in [7, 11) is 0. The van der Waals surface area contributed by atoms with E-state index in [1.807, 2.05) is 32.0 Å². The molecule has 1 aromatic carbocycles. The van der Waals surface area contributed by atoms with Gasteiger partial charge in [0.15, 0.2) is 5.84 Å². The molecule has 0 saturated heterocycles. The SMILES string of the molecule is Cc1cc(C)cc(Oc2ccc(C(=NC3CCC(C)CC3)NO)cn2)c1. The molecular formula is C21H27N3O2. The highest BCUT2D eigenvalue weighted by Crippen LogP contribution is 2.26. The van der Waals surface area contributed by atoms with E-state index < -0.39 is 0 Å². The fraction of sp³-hybridized carbons (Fsp3) is 0.429. The number of rotatable bonds is 4. The van der Waals surface area contributed by atoms with Crippen LogP contribution in [0.4, 0.5) is 0 Å². The fourth-order valence-electron chi connectivity index (χ4n) is 3.42. The lowest BCUT2D eigenvalue weighted by atomic mass is 9.88. The number of nitrogens with one attached hydrogen (secondary N) is 1. The van der Waals surface area contributed by atoms with E-state index in [2.05, 4.69) is 28.4 Å². The van der Waals surface area contributed by atoms with Gasteiger partial charge in [-0.25, -0.2) is 4.98 Å². The molecule has 0 aliphatic heterocycles. The molecule has 0 spiro atoms. The van der Waals surface area contributed by atoms with Crippen LogP contribution in [0.5, 0.6) is 11.6 Å². The number of amidine groups is 1. The number of nitrogens with zero attached hydrogens (tertiary/aromatic N) is 2. The van der Waals surface area contributed by atoms with Gasteiger partial charge in [-0.2, -0.15) is 0 Å². The molecule has 138 valence electrons. The molecule has 2 N–H and O–H groups in total. The molecule has 0 bridgehead atoms. The fourth-order valence-corrected chi connectivity index (χ4v) is 3.42. The van der Waals surface area contributed by atoms with Gasteiger partial charge in [-0.3, -0.25) is 15.7 Å². The summed E-state index contributed by atoms with van der Waals surface area (Å²) in [6.07, 6.45) is 6.18. The van der Waals surface area contributed by atoms with Crippen molar-refractivity contribution in [3.05, 3.63) is 53.2 Å². The van der Waals surface area contributed by atoms with Crippen LogP contribution in [0, 0.1) is 19.8 Å². The van der Waals surface area contributed by atoms with Gasteiger partial charge in [-0.1, -0.05) is 13.0 Å². The maximum absolute atomic E-state index is 9.49. The molecule has 3 rings (SSSR count). The number of aliphatic imine (C=N–C) groups is 1. The molecule has 1 fully saturated rings. The van der Waals surface area contributed by atoms with E-state index in [0.29, 0.717) is 11.7 Å². The molecule has 1 heterocycles. The van der Waals surface area contributed by atoms with Crippen molar-refractivity contribution in [2.45, 2.75) is 52.5 Å². The van der Waals surface area contributed by atoms with Crippen LogP contribution in [0.15, 0.2) is 41.5 Å². The first-order chi connectivity index (χ1) is 12.5. The Bertz CT molecular complexity index is 743. The molecule has 2 aromatic rings. The monoisotopic (exact) mass is 353 g/mol. The lowest BCUT2D eigenvalue weighted by Gasteiger charge is -2.23. The third kappa shape index (κ3) is 4.82. The van der Waals surface area contributed by atoms with Crippen molar-refractivity contribution >= 4 is 5.84 Å². The number of ether oxygens (including phenoxy) is 1. The van der Waals surface area contributed by atoms with Crippen LogP contribution in [-0.2, 0) is 0 Å². The molecule has 1 aromatic heterocycles. The summed E-state index contributed by atoms with van der Waals surface area (Å²) in [5, 5.41) is 9.49. The first kappa shape index (κ1) is 18.4. The summed E-state index contributed by atoms with van der Waals surface area (Å²) >= 11 is 0. The summed E-state index contributed by atoms with van der Waals surface area (Å²) in [5.74, 6) is 2.53. The molecule has 1 aliphatic rings. The van der Waals surface area contributed by atoms with Crippen molar-refractivity contribution < 1.29 is 9.94 Å². The summed E-state index contributed by atoms with van der Waals surface area (Å²) in [6.45, 7) is 6.36. The van der Waals surface area contributed by atoms with Crippen LogP contribution in [0.2, 0.25) is 0 Å². The molecule has 5 nitrogen and oxygen atoms in total. The van der Waals surface area contributed by atoms with Gasteiger partial charge in [-0.05, 0) is 74.8 Å². The molecule has 1 aliphatic carbocycles. The summed E-state index contributed by atoms with van der Waals surface area (Å²) < 4.78 is 5.84. The van der Waals surface area contributed by atoms with Crippen molar-refractivity contribution in [2.75, 3.05) is 0 Å². The van der Waals surface area contributed by atoms with Crippen molar-refractivity contribution in [1.82, 2.24) is 10.5 Å². The minimum absolute atomic E-state index is 0.257. The lowest BCUT2D eigenvalue weighted by Crippen LogP contribution is -2.25. The molecule has 0 unspecified atom stereocenters. The van der Waals surface area contributed by atoms with Crippen molar-refractivity contribution in [3.8, 4) is 11.6 Å². The highest BCUT2D eigenvalue weighted by molar-refractivity contribution is 5.97. The van der Waals surface area contributed by atoms with Crippen LogP contribution in [0.25, 0.3) is 0 Å². The average molecular weight is 353 g/mol. The standard InChI is InChI=1S/C21H27N3O2/c1-14-4-7-18(8-5-14)23-21(24-25)17-6-9-20(22-13-17)26-19-11-15(2)10-16(3)12-19/h6,9-14,18,25H,4-5,7-8H2,1-3H3,(H,23,24). The third-order valence-corrected chi connectivity index (χ3v) is 4.83. The zero-order chi connectivity index (χ0) is 18.5. The number of hydroxylamine groups is 1. The second-order valence-corrected chi connectivity index (χ2v) is 7.31.